The monoisotopic (exact) mass is 594 g/mol. The van der Waals surface area contributed by atoms with Crippen LogP contribution in [0.25, 0.3) is 5.69 Å². The van der Waals surface area contributed by atoms with Crippen molar-refractivity contribution in [1.82, 2.24) is 20.4 Å². The number of halogens is 4. The van der Waals surface area contributed by atoms with Gasteiger partial charge in [-0.15, -0.1) is 0 Å². The van der Waals surface area contributed by atoms with Crippen LogP contribution >= 0.6 is 0 Å². The van der Waals surface area contributed by atoms with Crippen LogP contribution in [0.3, 0.4) is 0 Å². The molecular weight excluding hydrogens is 564 g/mol. The molecule has 0 aliphatic carbocycles. The maximum atomic E-state index is 14.2. The van der Waals surface area contributed by atoms with Crippen LogP contribution in [-0.2, 0) is 17.5 Å². The zero-order valence-corrected chi connectivity index (χ0v) is 23.2. The predicted octanol–water partition coefficient (Wildman–Crippen LogP) is 4.38. The first-order valence-electron chi connectivity index (χ1n) is 13.8. The fraction of sp³-hybridized carbons (Fsp3) is 0.258. The molecule has 2 unspecified atom stereocenters. The molecule has 4 aromatic rings. The highest BCUT2D eigenvalue weighted by Gasteiger charge is 2.46. The second-order valence-corrected chi connectivity index (χ2v) is 10.0. The molecule has 8 nitrogen and oxygen atoms in total. The molecule has 2 heterocycles. The highest BCUT2D eigenvalue weighted by Crippen LogP contribution is 2.43. The number of nitrogens with zero attached hydrogens (tertiary/aromatic N) is 3. The molecule has 1 aliphatic rings. The third-order valence-electron chi connectivity index (χ3n) is 7.30. The number of carbonyl (C=O) groups is 2. The van der Waals surface area contributed by atoms with Crippen molar-refractivity contribution < 1.29 is 27.2 Å². The Morgan fingerprint density at radius 3 is 2.40 bits per heavy atom. The van der Waals surface area contributed by atoms with Gasteiger partial charge < -0.3 is 16.4 Å². The summed E-state index contributed by atoms with van der Waals surface area (Å²) in [5.74, 6) is -2.18. The number of para-hydroxylation sites is 1. The van der Waals surface area contributed by atoms with Crippen LogP contribution < -0.4 is 21.3 Å². The van der Waals surface area contributed by atoms with Crippen molar-refractivity contribution in [3.63, 3.8) is 0 Å². The molecule has 0 saturated heterocycles. The van der Waals surface area contributed by atoms with Gasteiger partial charge in [-0.05, 0) is 55.0 Å². The molecule has 0 spiro atoms. The fourth-order valence-corrected chi connectivity index (χ4v) is 5.35. The van der Waals surface area contributed by atoms with E-state index in [4.69, 9.17) is 10.8 Å². The SMILES string of the molecule is CCN1C(=O)C(NC(=O)c2cccc(C(F)(F)F)c2)C(c2ccc(F)cc2)c2c(CNCCN)nn(-c3ccccc3)c21. The molecule has 0 saturated carbocycles. The van der Waals surface area contributed by atoms with Gasteiger partial charge in [-0.25, -0.2) is 9.07 Å². The number of carbonyl (C=O) groups excluding carboxylic acids is 2. The number of aromatic nitrogens is 2. The maximum absolute atomic E-state index is 14.2. The number of rotatable bonds is 9. The molecule has 4 N–H and O–H groups in total. The Morgan fingerprint density at radius 1 is 1.02 bits per heavy atom. The molecule has 0 fully saturated rings. The second kappa shape index (κ2) is 12.4. The van der Waals surface area contributed by atoms with Crippen LogP contribution in [0.15, 0.2) is 78.9 Å². The molecular formula is C31H30F4N6O2. The Morgan fingerprint density at radius 2 is 1.74 bits per heavy atom. The number of hydrogen-bond donors (Lipinski definition) is 3. The summed E-state index contributed by atoms with van der Waals surface area (Å²) in [5, 5.41) is 10.8. The third kappa shape index (κ3) is 6.02. The van der Waals surface area contributed by atoms with Crippen LogP contribution in [0.2, 0.25) is 0 Å². The largest absolute Gasteiger partial charge is 0.416 e. The first-order valence-corrected chi connectivity index (χ1v) is 13.8. The van der Waals surface area contributed by atoms with Crippen LogP contribution in [0.4, 0.5) is 23.4 Å². The number of amides is 2. The third-order valence-corrected chi connectivity index (χ3v) is 7.30. The number of fused-ring (bicyclic) bond motifs is 1. The van der Waals surface area contributed by atoms with Gasteiger partial charge in [0.05, 0.1) is 16.9 Å². The van der Waals surface area contributed by atoms with Crippen molar-refractivity contribution in [3.05, 3.63) is 113 Å². The van der Waals surface area contributed by atoms with Crippen molar-refractivity contribution in [2.24, 2.45) is 5.73 Å². The number of nitrogens with one attached hydrogen (secondary N) is 2. The highest BCUT2D eigenvalue weighted by molar-refractivity contribution is 6.05. The number of hydrogen-bond acceptors (Lipinski definition) is 5. The second-order valence-electron chi connectivity index (χ2n) is 10.0. The molecule has 1 aliphatic heterocycles. The molecule has 2 amide bonds. The van der Waals surface area contributed by atoms with Crippen LogP contribution in [-0.4, -0.2) is 47.3 Å². The molecule has 0 bridgehead atoms. The minimum absolute atomic E-state index is 0.214. The van der Waals surface area contributed by atoms with Gasteiger partial charge in [-0.1, -0.05) is 36.4 Å². The average molecular weight is 595 g/mol. The van der Waals surface area contributed by atoms with Crippen LogP contribution in [0.1, 0.15) is 45.6 Å². The normalized spacial score (nSPS) is 16.7. The van der Waals surface area contributed by atoms with Gasteiger partial charge in [0.25, 0.3) is 11.8 Å². The van der Waals surface area contributed by atoms with E-state index in [9.17, 15) is 27.2 Å². The number of benzene rings is 3. The highest BCUT2D eigenvalue weighted by atomic mass is 19.4. The van der Waals surface area contributed by atoms with Gasteiger partial charge in [0.2, 0.25) is 0 Å². The standard InChI is InChI=1S/C31H30F4N6O2/c1-2-40-29-26(24(18-37-16-15-36)39-41(29)23-9-4-3-5-10-23)25(19-11-13-22(32)14-12-19)27(30(40)43)38-28(42)20-7-6-8-21(17-20)31(33,34)35/h3-14,17,25,27,37H,2,15-16,18,36H2,1H3,(H,38,42). The molecule has 43 heavy (non-hydrogen) atoms. The summed E-state index contributed by atoms with van der Waals surface area (Å²) in [6.07, 6.45) is -4.65. The summed E-state index contributed by atoms with van der Waals surface area (Å²) in [4.78, 5) is 29.1. The first kappa shape index (κ1) is 29.9. The Labute approximate surface area is 245 Å². The van der Waals surface area contributed by atoms with E-state index in [1.165, 1.54) is 35.2 Å². The number of anilines is 1. The Kier molecular flexibility index (Phi) is 8.60. The molecule has 3 aromatic carbocycles. The summed E-state index contributed by atoms with van der Waals surface area (Å²) in [6, 6.07) is 17.6. The van der Waals surface area contributed by atoms with E-state index in [1.807, 2.05) is 30.3 Å². The smallest absolute Gasteiger partial charge is 0.339 e. The number of likely N-dealkylation sites (N-methyl/N-ethyl adjacent to an activating group) is 1. The lowest BCUT2D eigenvalue weighted by atomic mass is 9.80. The van der Waals surface area contributed by atoms with E-state index in [0.717, 1.165) is 18.2 Å². The van der Waals surface area contributed by atoms with Crippen LogP contribution in [0, 0.1) is 5.82 Å². The average Bonchev–Trinajstić information content (AvgIpc) is 3.37. The Hall–Kier alpha value is -4.55. The van der Waals surface area contributed by atoms with Gasteiger partial charge >= 0.3 is 6.18 Å². The summed E-state index contributed by atoms with van der Waals surface area (Å²) in [5.41, 5.74) is 6.87. The first-order chi connectivity index (χ1) is 20.6. The zero-order valence-electron chi connectivity index (χ0n) is 23.2. The predicted molar refractivity (Wildman–Crippen MR) is 153 cm³/mol. The summed E-state index contributed by atoms with van der Waals surface area (Å²) in [7, 11) is 0. The summed E-state index contributed by atoms with van der Waals surface area (Å²) in [6.45, 7) is 3.13. The van der Waals surface area contributed by atoms with Gasteiger partial charge in [0.15, 0.2) is 0 Å². The van der Waals surface area contributed by atoms with Crippen molar-refractivity contribution in [2.45, 2.75) is 31.6 Å². The zero-order chi connectivity index (χ0) is 30.7. The van der Waals surface area contributed by atoms with Crippen molar-refractivity contribution in [3.8, 4) is 5.69 Å². The summed E-state index contributed by atoms with van der Waals surface area (Å²) < 4.78 is 55.9. The van der Waals surface area contributed by atoms with Crippen molar-refractivity contribution in [2.75, 3.05) is 24.5 Å². The van der Waals surface area contributed by atoms with Gasteiger partial charge in [0, 0.05) is 43.2 Å². The van der Waals surface area contributed by atoms with E-state index >= 15 is 0 Å². The number of alkyl halides is 3. The Balaban J connectivity index is 1.68. The molecule has 1 aromatic heterocycles. The van der Waals surface area contributed by atoms with Crippen molar-refractivity contribution in [1.29, 1.82) is 0 Å². The molecule has 224 valence electrons. The minimum atomic E-state index is -4.65. The quantitative estimate of drug-likeness (QED) is 0.197. The molecule has 5 rings (SSSR count). The Bertz CT molecular complexity index is 1610. The lowest BCUT2D eigenvalue weighted by Crippen LogP contribution is -2.55. The lowest BCUT2D eigenvalue weighted by molar-refractivity contribution is -0.137. The lowest BCUT2D eigenvalue weighted by Gasteiger charge is -2.38. The van der Waals surface area contributed by atoms with Gasteiger partial charge in [-0.3, -0.25) is 14.5 Å². The van der Waals surface area contributed by atoms with E-state index in [-0.39, 0.29) is 18.7 Å². The molecule has 12 heteroatoms. The fourth-order valence-electron chi connectivity index (χ4n) is 5.35. The summed E-state index contributed by atoms with van der Waals surface area (Å²) >= 11 is 0. The van der Waals surface area contributed by atoms with E-state index < -0.39 is 41.3 Å². The topological polar surface area (TPSA) is 105 Å². The maximum Gasteiger partial charge on any atom is 0.416 e. The number of nitrogens with two attached hydrogens (primary N) is 1. The van der Waals surface area contributed by atoms with Gasteiger partial charge in [0.1, 0.15) is 17.7 Å². The van der Waals surface area contributed by atoms with E-state index in [2.05, 4.69) is 10.6 Å². The van der Waals surface area contributed by atoms with Crippen molar-refractivity contribution >= 4 is 17.6 Å². The molecule has 2 atom stereocenters. The molecule has 0 radical (unpaired) electrons. The van der Waals surface area contributed by atoms with E-state index in [1.54, 1.807) is 11.6 Å². The van der Waals surface area contributed by atoms with E-state index in [0.29, 0.717) is 41.4 Å². The minimum Gasteiger partial charge on any atom is -0.339 e. The van der Waals surface area contributed by atoms with Crippen LogP contribution in [0.5, 0.6) is 0 Å². The van der Waals surface area contributed by atoms with Gasteiger partial charge in [-0.2, -0.15) is 18.3 Å².